The lowest BCUT2D eigenvalue weighted by molar-refractivity contribution is -0.130. The highest BCUT2D eigenvalue weighted by Crippen LogP contribution is 2.52. The number of nitrogens with one attached hydrogen (secondary N) is 3. The van der Waals surface area contributed by atoms with Crippen molar-refractivity contribution in [3.05, 3.63) is 336 Å². The number of fused-ring (bicyclic) bond motifs is 4. The van der Waals surface area contributed by atoms with Gasteiger partial charge in [-0.1, -0.05) is 30.3 Å². The maximum absolute atomic E-state index is 14.3. The summed E-state index contributed by atoms with van der Waals surface area (Å²) in [5.74, 6) is 2.30. The predicted molar refractivity (Wildman–Crippen MR) is 546 cm³/mol. The van der Waals surface area contributed by atoms with E-state index < -0.39 is 21.9 Å². The zero-order valence-corrected chi connectivity index (χ0v) is 83.1. The number of carbonyl (C=O) groups is 5. The van der Waals surface area contributed by atoms with Gasteiger partial charge in [0.15, 0.2) is 27.9 Å². The van der Waals surface area contributed by atoms with Gasteiger partial charge in [0.2, 0.25) is 45.2 Å². The van der Waals surface area contributed by atoms with Gasteiger partial charge in [0.05, 0.1) is 128 Å². The number of aromatic hydroxyl groups is 2. The van der Waals surface area contributed by atoms with Crippen LogP contribution in [0.2, 0.25) is 0 Å². The van der Waals surface area contributed by atoms with E-state index in [2.05, 4.69) is 25.9 Å². The number of nitrogens with two attached hydrogens (primary N) is 2. The fourth-order valence-electron chi connectivity index (χ4n) is 17.3. The molecule has 0 saturated carbocycles. The first-order valence-electron chi connectivity index (χ1n) is 45.2. The number of aromatic nitrogens is 2. The van der Waals surface area contributed by atoms with E-state index in [4.69, 9.17) is 62.3 Å². The van der Waals surface area contributed by atoms with Gasteiger partial charge in [-0.3, -0.25) is 29.1 Å². The normalized spacial score (nSPS) is 13.7. The molecule has 29 nitrogen and oxygen atoms in total. The zero-order valence-electron chi connectivity index (χ0n) is 82.2. The Hall–Kier alpha value is -16.8. The largest absolute Gasteiger partial charge is 0.502 e. The Kier molecular flexibility index (Phi) is 33.8. The molecule has 0 spiro atoms. The van der Waals surface area contributed by atoms with Crippen molar-refractivity contribution in [1.82, 2.24) is 30.4 Å². The van der Waals surface area contributed by atoms with E-state index in [1.807, 2.05) is 114 Å². The highest BCUT2D eigenvalue weighted by Gasteiger charge is 2.34. The molecule has 0 radical (unpaired) electrons. The monoisotopic (exact) mass is 1980 g/mol. The fraction of sp³-hybridized carbons (Fsp3) is 0.216. The molecule has 4 aromatic heterocycles. The molecule has 4 aliphatic carbocycles. The van der Waals surface area contributed by atoms with Gasteiger partial charge in [0.25, 0.3) is 0 Å². The number of pyridine rings is 2. The number of sulfonamides is 1. The van der Waals surface area contributed by atoms with Gasteiger partial charge < -0.3 is 93.2 Å². The highest BCUT2D eigenvalue weighted by atomic mass is 32.2. The quantitative estimate of drug-likeness (QED) is 0.0212. The number of phenolic OH excluding ortho intramolecular Hbond substituents is 2. The number of methoxy groups -OCH3 is 9. The van der Waals surface area contributed by atoms with E-state index in [-0.39, 0.29) is 107 Å². The molecule has 0 saturated heterocycles. The second kappa shape index (κ2) is 46.5. The summed E-state index contributed by atoms with van der Waals surface area (Å²) in [7, 11) is 12.5. The lowest BCUT2D eigenvalue weighted by Gasteiger charge is -2.17. The average molecular weight is 1980 g/mol. The summed E-state index contributed by atoms with van der Waals surface area (Å²) < 4.78 is 126. The number of anilines is 1. The summed E-state index contributed by atoms with van der Waals surface area (Å²) >= 11 is 0. The van der Waals surface area contributed by atoms with E-state index in [1.54, 1.807) is 129 Å². The van der Waals surface area contributed by atoms with E-state index in [0.717, 1.165) is 134 Å². The molecule has 33 heteroatoms. The smallest absolute Gasteiger partial charge is 0.316 e. The standard InChI is InChI=1S/C29H29FN4O4.C28H29NO6.C27H26FN3O5S.C27H26FNO5/c1-16-7-8-32-14-19(16)15-33-27(35)13-23-17(2)22(21-6-5-20(30)12-24(21)23)9-18-10-25(37-3)28(34-29(31)36)26(11-18)38-4;1-17-22(11-18-12-25(33-4)28(31)26(13-18)34-5)21-9-8-19(32-3)14-24(21)23(17)15-27(30)29(2)16-20-7-6-10-35-20;1-16-21(10-17-11-24(35-2)27(37(29,33)34)25(12-17)36-3)20-8-7-18(28)13-23(20)22(16)14-26(32)31-15-19-6-4-5-9-30-19;1-16-21(10-17-11-24(32-3)27(31)25(12-17)33-4)20-8-7-18(28)13-23(20)22(16)14-26(30)29(2)15-19-6-5-9-34-19/h5-12,14H,13,15H2,1-4H3,(H,33,35)(H3,31,34,36);6-14,31H,15-16H2,1-5H3;4-13H,14-15H2,1-3H3,(H,31,32)(H2,29,33,34);5-13,31H,14-15H2,1-4H3/b22-9-;22-11-;2*21-10-. The summed E-state index contributed by atoms with van der Waals surface area (Å²) in [6.07, 6.45) is 16.4. The number of nitrogens with zero attached hydrogens (tertiary/aromatic N) is 4. The van der Waals surface area contributed by atoms with Crippen LogP contribution in [0, 0.1) is 24.4 Å². The Morgan fingerprint density at radius 1 is 0.424 bits per heavy atom. The van der Waals surface area contributed by atoms with Crippen molar-refractivity contribution < 1.29 is 107 Å². The van der Waals surface area contributed by atoms with Crippen molar-refractivity contribution in [1.29, 1.82) is 0 Å². The number of phenols is 2. The van der Waals surface area contributed by atoms with Crippen molar-refractivity contribution >= 4 is 114 Å². The van der Waals surface area contributed by atoms with Gasteiger partial charge in [0, 0.05) is 39.2 Å². The van der Waals surface area contributed by atoms with Crippen molar-refractivity contribution in [2.45, 2.75) is 91.4 Å². The summed E-state index contributed by atoms with van der Waals surface area (Å²) in [5.41, 5.74) is 27.6. The van der Waals surface area contributed by atoms with Crippen molar-refractivity contribution in [2.75, 3.05) is 83.4 Å². The number of carbonyl (C=O) groups excluding carboxylic acids is 5. The van der Waals surface area contributed by atoms with Crippen LogP contribution in [0.5, 0.6) is 63.2 Å². The number of hydrogen-bond donors (Lipinski definition) is 7. The Labute approximate surface area is 832 Å². The number of hydrogen-bond acceptors (Lipinski definition) is 22. The minimum atomic E-state index is -4.11. The number of primary sulfonamides is 1. The molecule has 4 aliphatic rings. The molecule has 746 valence electrons. The molecular weight excluding hydrogens is 1870 g/mol. The minimum Gasteiger partial charge on any atom is -0.502 e. The van der Waals surface area contributed by atoms with Gasteiger partial charge in [-0.2, -0.15) is 0 Å². The second-order valence-electron chi connectivity index (χ2n) is 33.8. The number of amides is 6. The third-order valence-electron chi connectivity index (χ3n) is 24.8. The molecule has 9 N–H and O–H groups in total. The fourth-order valence-corrected chi connectivity index (χ4v) is 18.1. The van der Waals surface area contributed by atoms with Gasteiger partial charge in [-0.25, -0.2) is 31.5 Å². The van der Waals surface area contributed by atoms with Gasteiger partial charge in [-0.05, 0) is 343 Å². The van der Waals surface area contributed by atoms with Crippen molar-refractivity contribution in [3.63, 3.8) is 0 Å². The molecule has 8 aromatic carbocycles. The van der Waals surface area contributed by atoms with Crippen molar-refractivity contribution in [3.8, 4) is 63.2 Å². The molecule has 0 fully saturated rings. The first-order chi connectivity index (χ1) is 69.0. The summed E-state index contributed by atoms with van der Waals surface area (Å²) in [6.45, 7) is 11.1. The maximum Gasteiger partial charge on any atom is 0.316 e. The van der Waals surface area contributed by atoms with E-state index in [1.165, 1.54) is 105 Å². The van der Waals surface area contributed by atoms with E-state index >= 15 is 0 Å². The predicted octanol–water partition coefficient (Wildman–Crippen LogP) is 19.9. The molecule has 0 aliphatic heterocycles. The summed E-state index contributed by atoms with van der Waals surface area (Å²) in [5, 5.41) is 34.2. The lowest BCUT2D eigenvalue weighted by atomic mass is 10.00. The molecule has 12 aromatic rings. The number of allylic oxidation sites excluding steroid dienone is 8. The molecule has 4 heterocycles. The van der Waals surface area contributed by atoms with Crippen LogP contribution in [0.25, 0.3) is 68.9 Å². The van der Waals surface area contributed by atoms with Crippen LogP contribution in [0.3, 0.4) is 0 Å². The Morgan fingerprint density at radius 3 is 1.12 bits per heavy atom. The van der Waals surface area contributed by atoms with Gasteiger partial charge in [0.1, 0.15) is 63.4 Å². The number of urea groups is 1. The van der Waals surface area contributed by atoms with E-state index in [9.17, 15) is 55.8 Å². The van der Waals surface area contributed by atoms with Crippen LogP contribution >= 0.6 is 0 Å². The van der Waals surface area contributed by atoms with Crippen LogP contribution in [0.15, 0.2) is 237 Å². The minimum absolute atomic E-state index is 0.0151. The number of furan rings is 2. The molecule has 0 bridgehead atoms. The van der Waals surface area contributed by atoms with Crippen LogP contribution < -0.4 is 69.5 Å². The lowest BCUT2D eigenvalue weighted by Crippen LogP contribution is -2.26. The van der Waals surface area contributed by atoms with Crippen LogP contribution in [0.4, 0.5) is 23.7 Å². The van der Waals surface area contributed by atoms with Gasteiger partial charge >= 0.3 is 6.03 Å². The topological polar surface area (TPSA) is 390 Å². The van der Waals surface area contributed by atoms with Crippen LogP contribution in [0.1, 0.15) is 148 Å². The Bertz CT molecular complexity index is 7230. The highest BCUT2D eigenvalue weighted by molar-refractivity contribution is 7.89. The maximum atomic E-state index is 14.3. The Morgan fingerprint density at radius 2 is 0.785 bits per heavy atom. The first kappa shape index (κ1) is 105. The van der Waals surface area contributed by atoms with E-state index in [0.29, 0.717) is 81.9 Å². The van der Waals surface area contributed by atoms with Crippen LogP contribution in [-0.4, -0.2) is 146 Å². The Balaban J connectivity index is 0.000000161. The molecule has 0 atom stereocenters. The number of benzene rings is 8. The SMILES string of the molecule is COc1cc(/C=C2/C(C)=C(CC(=O)N(C)Cc3ccco3)c3cc(F)ccc32)cc(OC)c1O.COc1cc(/C=C2/C(C)=C(CC(=O)NCc3ccccn3)c3cc(F)ccc32)cc(OC)c1S(N)(=O)=O.COc1cc(/C=C2/C(C)=C(CC(=O)NCc3cnccc3C)c3cc(F)ccc32)cc(OC)c1NC(N)=O.COc1ccc2c(c1)C(CC(=O)N(C)Cc1ccco1)=C(C)/C2=C/c1cc(OC)c(O)c(OC)c1. The molecular formula is C111H110F3N9O20S. The van der Waals surface area contributed by atoms with Gasteiger partial charge in [-0.15, -0.1) is 0 Å². The molecule has 16 rings (SSSR count). The molecule has 0 unspecified atom stereocenters. The second-order valence-corrected chi connectivity index (χ2v) is 35.3. The third-order valence-corrected chi connectivity index (χ3v) is 25.8. The summed E-state index contributed by atoms with van der Waals surface area (Å²) in [4.78, 5) is 74.6. The summed E-state index contributed by atoms with van der Waals surface area (Å²) in [6, 6.07) is 46.7. The number of halogens is 3. The number of primary amides is 1. The van der Waals surface area contributed by atoms with Crippen molar-refractivity contribution in [2.24, 2.45) is 10.9 Å². The zero-order chi connectivity index (χ0) is 104. The molecule has 144 heavy (non-hydrogen) atoms. The first-order valence-corrected chi connectivity index (χ1v) is 46.7. The molecule has 6 amide bonds. The average Bonchev–Trinajstić information content (AvgIpc) is 1.61. The number of rotatable bonds is 31. The van der Waals surface area contributed by atoms with Crippen LogP contribution in [-0.2, 0) is 55.4 Å². The number of ether oxygens (including phenoxy) is 9. The number of aryl methyl sites for hydroxylation is 1. The third kappa shape index (κ3) is 24.2.